The number of benzene rings is 3. The lowest BCUT2D eigenvalue weighted by atomic mass is 10.1. The van der Waals surface area contributed by atoms with Crippen molar-refractivity contribution in [1.82, 2.24) is 4.31 Å². The first kappa shape index (κ1) is 24.2. The molecule has 10 heteroatoms. The lowest BCUT2D eigenvalue weighted by Crippen LogP contribution is -2.27. The number of rotatable bonds is 8. The molecule has 35 heavy (non-hydrogen) atoms. The van der Waals surface area contributed by atoms with Crippen LogP contribution in [0.5, 0.6) is 11.5 Å². The standard InChI is InChI=1S/C25H21FN2O6S/c26-20-7-9-21(10-8-20)34-25-14-4-18(17-23(25)28(30)31)3-13-24(29)19-5-11-22(12-6-19)35(32,33)27-15-1-2-16-27/h3-14,17H,1-2,15-16H2/b13-3-. The molecule has 1 fully saturated rings. The highest BCUT2D eigenvalue weighted by Crippen LogP contribution is 2.32. The van der Waals surface area contributed by atoms with E-state index in [-0.39, 0.29) is 33.4 Å². The number of hydrogen-bond donors (Lipinski definition) is 0. The van der Waals surface area contributed by atoms with Gasteiger partial charge in [0, 0.05) is 24.7 Å². The van der Waals surface area contributed by atoms with E-state index in [1.54, 1.807) is 6.07 Å². The average molecular weight is 497 g/mol. The Bertz CT molecular complexity index is 1380. The number of hydrogen-bond acceptors (Lipinski definition) is 6. The van der Waals surface area contributed by atoms with Gasteiger partial charge in [-0.3, -0.25) is 14.9 Å². The summed E-state index contributed by atoms with van der Waals surface area (Å²) in [6.45, 7) is 0.983. The summed E-state index contributed by atoms with van der Waals surface area (Å²) in [6, 6.07) is 15.0. The van der Waals surface area contributed by atoms with Gasteiger partial charge >= 0.3 is 5.69 Å². The van der Waals surface area contributed by atoms with Crippen LogP contribution in [0.4, 0.5) is 10.1 Å². The molecule has 1 heterocycles. The predicted octanol–water partition coefficient (Wildman–Crippen LogP) is 5.21. The van der Waals surface area contributed by atoms with Crippen LogP contribution in [0.1, 0.15) is 28.8 Å². The van der Waals surface area contributed by atoms with Crippen molar-refractivity contribution < 1.29 is 27.3 Å². The maximum Gasteiger partial charge on any atom is 0.312 e. The van der Waals surface area contributed by atoms with Crippen molar-refractivity contribution in [3.8, 4) is 11.5 Å². The second-order valence-electron chi connectivity index (χ2n) is 7.87. The van der Waals surface area contributed by atoms with Gasteiger partial charge in [0.2, 0.25) is 15.8 Å². The molecule has 3 aromatic carbocycles. The number of allylic oxidation sites excluding steroid dienone is 1. The summed E-state index contributed by atoms with van der Waals surface area (Å²) < 4.78 is 45.2. The van der Waals surface area contributed by atoms with E-state index in [2.05, 4.69) is 0 Å². The van der Waals surface area contributed by atoms with E-state index >= 15 is 0 Å². The van der Waals surface area contributed by atoms with Crippen LogP contribution in [0, 0.1) is 15.9 Å². The van der Waals surface area contributed by atoms with Crippen molar-refractivity contribution in [3.05, 3.63) is 99.9 Å². The molecule has 0 unspecified atom stereocenters. The quantitative estimate of drug-likeness (QED) is 0.183. The van der Waals surface area contributed by atoms with Gasteiger partial charge in [0.25, 0.3) is 0 Å². The van der Waals surface area contributed by atoms with Crippen molar-refractivity contribution >= 4 is 27.6 Å². The molecule has 0 N–H and O–H groups in total. The Balaban J connectivity index is 1.48. The molecule has 0 aliphatic carbocycles. The van der Waals surface area contributed by atoms with Crippen molar-refractivity contribution in [3.63, 3.8) is 0 Å². The van der Waals surface area contributed by atoms with Crippen LogP contribution in [-0.4, -0.2) is 36.5 Å². The van der Waals surface area contributed by atoms with Gasteiger partial charge in [-0.2, -0.15) is 4.31 Å². The Labute approximate surface area is 201 Å². The molecular formula is C25H21FN2O6S. The molecule has 1 aliphatic rings. The minimum atomic E-state index is -3.57. The largest absolute Gasteiger partial charge is 0.450 e. The molecule has 0 spiro atoms. The van der Waals surface area contributed by atoms with Crippen LogP contribution >= 0.6 is 0 Å². The smallest absolute Gasteiger partial charge is 0.312 e. The van der Waals surface area contributed by atoms with Crippen molar-refractivity contribution in [2.75, 3.05) is 13.1 Å². The fourth-order valence-electron chi connectivity index (χ4n) is 3.63. The van der Waals surface area contributed by atoms with E-state index in [1.165, 1.54) is 77.1 Å². The second-order valence-corrected chi connectivity index (χ2v) is 9.81. The number of ether oxygens (including phenoxy) is 1. The van der Waals surface area contributed by atoms with E-state index in [1.807, 2.05) is 0 Å². The number of carbonyl (C=O) groups excluding carboxylic acids is 1. The highest BCUT2D eigenvalue weighted by Gasteiger charge is 2.27. The van der Waals surface area contributed by atoms with E-state index in [0.29, 0.717) is 18.7 Å². The first-order valence-electron chi connectivity index (χ1n) is 10.8. The SMILES string of the molecule is O=C(/C=C\c1ccc(Oc2ccc(F)cc2)c([N+](=O)[O-])c1)c1ccc(S(=O)(=O)N2CCCC2)cc1. The zero-order valence-electron chi connectivity index (χ0n) is 18.5. The molecular weight excluding hydrogens is 475 g/mol. The van der Waals surface area contributed by atoms with Gasteiger partial charge in [-0.25, -0.2) is 12.8 Å². The number of ketones is 1. The van der Waals surface area contributed by atoms with Crippen LogP contribution in [0.25, 0.3) is 6.08 Å². The molecule has 8 nitrogen and oxygen atoms in total. The number of carbonyl (C=O) groups is 1. The molecule has 0 saturated carbocycles. The van der Waals surface area contributed by atoms with Crippen molar-refractivity contribution in [1.29, 1.82) is 0 Å². The lowest BCUT2D eigenvalue weighted by Gasteiger charge is -2.15. The maximum absolute atomic E-state index is 13.1. The Kier molecular flexibility index (Phi) is 7.04. The fraction of sp³-hybridized carbons (Fsp3) is 0.160. The normalized spacial score (nSPS) is 14.3. The minimum Gasteiger partial charge on any atom is -0.450 e. The second kappa shape index (κ2) is 10.2. The Hall–Kier alpha value is -3.89. The van der Waals surface area contributed by atoms with Gasteiger partial charge in [-0.15, -0.1) is 0 Å². The van der Waals surface area contributed by atoms with E-state index in [4.69, 9.17) is 4.74 Å². The summed E-state index contributed by atoms with van der Waals surface area (Å²) in [6.07, 6.45) is 4.34. The lowest BCUT2D eigenvalue weighted by molar-refractivity contribution is -0.385. The van der Waals surface area contributed by atoms with Gasteiger partial charge in [-0.1, -0.05) is 12.1 Å². The summed E-state index contributed by atoms with van der Waals surface area (Å²) >= 11 is 0. The van der Waals surface area contributed by atoms with Crippen LogP contribution in [-0.2, 0) is 10.0 Å². The zero-order chi connectivity index (χ0) is 25.0. The average Bonchev–Trinajstić information content (AvgIpc) is 3.40. The minimum absolute atomic E-state index is 0.0279. The molecule has 0 radical (unpaired) electrons. The highest BCUT2D eigenvalue weighted by molar-refractivity contribution is 7.89. The van der Waals surface area contributed by atoms with Crippen LogP contribution in [0.15, 0.2) is 77.7 Å². The van der Waals surface area contributed by atoms with E-state index < -0.39 is 20.8 Å². The summed E-state index contributed by atoms with van der Waals surface area (Å²) in [7, 11) is -3.57. The maximum atomic E-state index is 13.1. The fourth-order valence-corrected chi connectivity index (χ4v) is 5.15. The Morgan fingerprint density at radius 3 is 2.29 bits per heavy atom. The van der Waals surface area contributed by atoms with Gasteiger partial charge < -0.3 is 4.74 Å². The van der Waals surface area contributed by atoms with Crippen LogP contribution in [0.2, 0.25) is 0 Å². The van der Waals surface area contributed by atoms with Crippen molar-refractivity contribution in [2.45, 2.75) is 17.7 Å². The van der Waals surface area contributed by atoms with Crippen molar-refractivity contribution in [2.24, 2.45) is 0 Å². The van der Waals surface area contributed by atoms with Gasteiger partial charge in [0.05, 0.1) is 9.82 Å². The molecule has 0 bridgehead atoms. The number of nitro benzene ring substituents is 1. The third kappa shape index (κ3) is 5.61. The summed E-state index contributed by atoms with van der Waals surface area (Å²) in [5.74, 6) is -0.632. The monoisotopic (exact) mass is 496 g/mol. The zero-order valence-corrected chi connectivity index (χ0v) is 19.3. The van der Waals surface area contributed by atoms with E-state index in [9.17, 15) is 27.7 Å². The number of sulfonamides is 1. The Morgan fingerprint density at radius 2 is 1.66 bits per heavy atom. The molecule has 1 aliphatic heterocycles. The van der Waals surface area contributed by atoms with Gasteiger partial charge in [-0.05, 0) is 79.1 Å². The predicted molar refractivity (Wildman–Crippen MR) is 127 cm³/mol. The highest BCUT2D eigenvalue weighted by atomic mass is 32.2. The topological polar surface area (TPSA) is 107 Å². The number of nitro groups is 1. The van der Waals surface area contributed by atoms with Crippen LogP contribution < -0.4 is 4.74 Å². The third-order valence-electron chi connectivity index (χ3n) is 5.49. The molecule has 180 valence electrons. The molecule has 3 aromatic rings. The first-order valence-corrected chi connectivity index (χ1v) is 12.2. The summed E-state index contributed by atoms with van der Waals surface area (Å²) in [4.78, 5) is 23.6. The molecule has 0 atom stereocenters. The molecule has 0 aromatic heterocycles. The first-order chi connectivity index (χ1) is 16.7. The number of halogens is 1. The van der Waals surface area contributed by atoms with E-state index in [0.717, 1.165) is 12.8 Å². The molecule has 4 rings (SSSR count). The molecule has 1 saturated heterocycles. The van der Waals surface area contributed by atoms with Gasteiger partial charge in [0.1, 0.15) is 11.6 Å². The molecule has 0 amide bonds. The van der Waals surface area contributed by atoms with Gasteiger partial charge in [0.15, 0.2) is 5.78 Å². The number of nitrogens with zero attached hydrogens (tertiary/aromatic N) is 2. The third-order valence-corrected chi connectivity index (χ3v) is 7.40. The summed E-state index contributed by atoms with van der Waals surface area (Å²) in [5.41, 5.74) is 0.359. The summed E-state index contributed by atoms with van der Waals surface area (Å²) in [5, 5.41) is 11.5. The van der Waals surface area contributed by atoms with Crippen LogP contribution in [0.3, 0.4) is 0 Å². The Morgan fingerprint density at radius 1 is 1.00 bits per heavy atom.